The summed E-state index contributed by atoms with van der Waals surface area (Å²) in [6, 6.07) is 0. The van der Waals surface area contributed by atoms with E-state index in [1.807, 2.05) is 6.92 Å². The Hall–Kier alpha value is -1.19. The van der Waals surface area contributed by atoms with Gasteiger partial charge in [-0.25, -0.2) is 4.98 Å². The van der Waals surface area contributed by atoms with E-state index in [9.17, 15) is 0 Å². The molecule has 0 aliphatic rings. The molecule has 9 heavy (non-hydrogen) atoms. The Bertz CT molecular complexity index is 181. The monoisotopic (exact) mass is 126 g/mol. The average Bonchev–Trinajstić information content (AvgIpc) is 2.17. The highest BCUT2D eigenvalue weighted by molar-refractivity contribution is 5.36. The zero-order valence-corrected chi connectivity index (χ0v) is 5.31. The van der Waals surface area contributed by atoms with Crippen LogP contribution in [0.4, 0.5) is 11.8 Å². The van der Waals surface area contributed by atoms with Gasteiger partial charge in [-0.15, -0.1) is 0 Å². The summed E-state index contributed by atoms with van der Waals surface area (Å²) in [6.45, 7) is 2.85. The normalized spacial score (nSPS) is 9.44. The van der Waals surface area contributed by atoms with Crippen LogP contribution in [0.15, 0.2) is 6.20 Å². The van der Waals surface area contributed by atoms with E-state index in [4.69, 9.17) is 5.73 Å². The molecule has 1 heterocycles. The second kappa shape index (κ2) is 2.39. The number of nitrogens with one attached hydrogen (secondary N) is 2. The quantitative estimate of drug-likeness (QED) is 0.538. The van der Waals surface area contributed by atoms with Crippen LogP contribution in [-0.4, -0.2) is 16.5 Å². The van der Waals surface area contributed by atoms with Crippen LogP contribution in [-0.2, 0) is 0 Å². The molecule has 0 unspecified atom stereocenters. The summed E-state index contributed by atoms with van der Waals surface area (Å²) in [5.41, 5.74) is 5.35. The molecule has 0 saturated heterocycles. The summed E-state index contributed by atoms with van der Waals surface area (Å²) in [7, 11) is 0. The molecule has 0 bridgehead atoms. The van der Waals surface area contributed by atoms with Crippen LogP contribution in [0.3, 0.4) is 0 Å². The van der Waals surface area contributed by atoms with Gasteiger partial charge in [0.05, 0.1) is 6.20 Å². The lowest BCUT2D eigenvalue weighted by molar-refractivity contribution is 1.14. The predicted molar refractivity (Wildman–Crippen MR) is 37.2 cm³/mol. The number of aromatic amines is 1. The summed E-state index contributed by atoms with van der Waals surface area (Å²) in [4.78, 5) is 6.75. The van der Waals surface area contributed by atoms with Crippen LogP contribution in [0.2, 0.25) is 0 Å². The third-order valence-corrected chi connectivity index (χ3v) is 0.940. The smallest absolute Gasteiger partial charge is 0.201 e. The Morgan fingerprint density at radius 3 is 3.11 bits per heavy atom. The van der Waals surface area contributed by atoms with Crippen LogP contribution in [0.1, 0.15) is 6.92 Å². The molecule has 0 atom stereocenters. The lowest BCUT2D eigenvalue weighted by Gasteiger charge is -1.93. The van der Waals surface area contributed by atoms with E-state index in [1.54, 1.807) is 6.20 Å². The summed E-state index contributed by atoms with van der Waals surface area (Å²) in [6.07, 6.45) is 1.58. The number of H-pyrrole nitrogens is 1. The van der Waals surface area contributed by atoms with Gasteiger partial charge >= 0.3 is 0 Å². The zero-order valence-electron chi connectivity index (χ0n) is 5.31. The van der Waals surface area contributed by atoms with Crippen LogP contribution in [0.5, 0.6) is 0 Å². The topological polar surface area (TPSA) is 66.7 Å². The first-order chi connectivity index (χ1) is 4.33. The largest absolute Gasteiger partial charge is 0.384 e. The van der Waals surface area contributed by atoms with Crippen molar-refractivity contribution in [1.29, 1.82) is 0 Å². The van der Waals surface area contributed by atoms with E-state index >= 15 is 0 Å². The fourth-order valence-corrected chi connectivity index (χ4v) is 0.593. The molecular formula is C5H10N4. The maximum Gasteiger partial charge on any atom is 0.201 e. The van der Waals surface area contributed by atoms with Gasteiger partial charge in [-0.1, -0.05) is 0 Å². The maximum absolute atomic E-state index is 5.35. The molecule has 1 aromatic rings. The molecule has 0 aliphatic carbocycles. The van der Waals surface area contributed by atoms with Gasteiger partial charge in [0.2, 0.25) is 5.95 Å². The minimum Gasteiger partial charge on any atom is -0.384 e. The van der Waals surface area contributed by atoms with Gasteiger partial charge in [0.25, 0.3) is 0 Å². The SMILES string of the molecule is CCNc1ncc(N)[nH]1. The molecule has 0 fully saturated rings. The van der Waals surface area contributed by atoms with Gasteiger partial charge < -0.3 is 16.0 Å². The van der Waals surface area contributed by atoms with Crippen molar-refractivity contribution in [3.63, 3.8) is 0 Å². The Kier molecular flexibility index (Phi) is 1.58. The standard InChI is InChI=1S/C5H10N4/c1-2-7-5-8-3-4(6)9-5/h3H,2,6H2,1H3,(H2,7,8,9). The van der Waals surface area contributed by atoms with Crippen LogP contribution in [0, 0.1) is 0 Å². The first kappa shape index (κ1) is 5.94. The van der Waals surface area contributed by atoms with Crippen molar-refractivity contribution in [1.82, 2.24) is 9.97 Å². The summed E-state index contributed by atoms with van der Waals surface area (Å²) in [5.74, 6) is 1.32. The van der Waals surface area contributed by atoms with Crippen molar-refractivity contribution in [3.05, 3.63) is 6.20 Å². The number of hydrogen-bond acceptors (Lipinski definition) is 3. The highest BCUT2D eigenvalue weighted by Gasteiger charge is 1.91. The Balaban J connectivity index is 2.61. The Labute approximate surface area is 53.5 Å². The molecule has 1 rings (SSSR count). The minimum atomic E-state index is 0.589. The predicted octanol–water partition coefficient (Wildman–Crippen LogP) is 0.424. The van der Waals surface area contributed by atoms with Gasteiger partial charge in [0.15, 0.2) is 0 Å². The van der Waals surface area contributed by atoms with Gasteiger partial charge in [0.1, 0.15) is 5.82 Å². The first-order valence-electron chi connectivity index (χ1n) is 2.87. The highest BCUT2D eigenvalue weighted by atomic mass is 15.1. The number of rotatable bonds is 2. The van der Waals surface area contributed by atoms with Crippen molar-refractivity contribution in [2.24, 2.45) is 0 Å². The van der Waals surface area contributed by atoms with E-state index in [-0.39, 0.29) is 0 Å². The maximum atomic E-state index is 5.35. The number of anilines is 2. The Morgan fingerprint density at radius 2 is 2.67 bits per heavy atom. The third-order valence-electron chi connectivity index (χ3n) is 0.940. The number of nitrogens with two attached hydrogens (primary N) is 1. The van der Waals surface area contributed by atoms with Crippen molar-refractivity contribution >= 4 is 11.8 Å². The number of nitrogens with zero attached hydrogens (tertiary/aromatic N) is 1. The molecule has 0 amide bonds. The van der Waals surface area contributed by atoms with Crippen LogP contribution >= 0.6 is 0 Å². The van der Waals surface area contributed by atoms with Crippen LogP contribution in [0.25, 0.3) is 0 Å². The molecule has 4 heteroatoms. The second-order valence-corrected chi connectivity index (χ2v) is 1.72. The molecule has 4 N–H and O–H groups in total. The molecule has 4 nitrogen and oxygen atoms in total. The second-order valence-electron chi connectivity index (χ2n) is 1.72. The van der Waals surface area contributed by atoms with Crippen molar-refractivity contribution < 1.29 is 0 Å². The Morgan fingerprint density at radius 1 is 1.89 bits per heavy atom. The van der Waals surface area contributed by atoms with Gasteiger partial charge in [-0.05, 0) is 6.92 Å². The number of aromatic nitrogens is 2. The lowest BCUT2D eigenvalue weighted by Crippen LogP contribution is -1.97. The molecule has 0 saturated carbocycles. The van der Waals surface area contributed by atoms with E-state index in [2.05, 4.69) is 15.3 Å². The fraction of sp³-hybridized carbons (Fsp3) is 0.400. The van der Waals surface area contributed by atoms with Gasteiger partial charge in [-0.2, -0.15) is 0 Å². The molecule has 50 valence electrons. The van der Waals surface area contributed by atoms with Crippen molar-refractivity contribution in [2.45, 2.75) is 6.92 Å². The van der Waals surface area contributed by atoms with E-state index in [0.29, 0.717) is 5.82 Å². The highest BCUT2D eigenvalue weighted by Crippen LogP contribution is 2.00. The van der Waals surface area contributed by atoms with E-state index < -0.39 is 0 Å². The van der Waals surface area contributed by atoms with Gasteiger partial charge in [0, 0.05) is 6.54 Å². The zero-order chi connectivity index (χ0) is 6.69. The molecule has 1 aromatic heterocycles. The van der Waals surface area contributed by atoms with Gasteiger partial charge in [-0.3, -0.25) is 0 Å². The molecule has 0 radical (unpaired) electrons. The molecular weight excluding hydrogens is 116 g/mol. The number of hydrogen-bond donors (Lipinski definition) is 3. The van der Waals surface area contributed by atoms with Crippen molar-refractivity contribution in [2.75, 3.05) is 17.6 Å². The first-order valence-corrected chi connectivity index (χ1v) is 2.87. The third kappa shape index (κ3) is 1.35. The van der Waals surface area contributed by atoms with Crippen LogP contribution < -0.4 is 11.1 Å². The average molecular weight is 126 g/mol. The lowest BCUT2D eigenvalue weighted by atomic mass is 10.7. The number of nitrogen functional groups attached to an aromatic ring is 1. The summed E-state index contributed by atoms with van der Waals surface area (Å²) >= 11 is 0. The fourth-order valence-electron chi connectivity index (χ4n) is 0.593. The molecule has 0 aliphatic heterocycles. The summed E-state index contributed by atoms with van der Waals surface area (Å²) < 4.78 is 0. The molecule has 0 aromatic carbocycles. The number of imidazole rings is 1. The summed E-state index contributed by atoms with van der Waals surface area (Å²) in [5, 5.41) is 2.98. The van der Waals surface area contributed by atoms with E-state index in [0.717, 1.165) is 12.5 Å². The minimum absolute atomic E-state index is 0.589. The van der Waals surface area contributed by atoms with E-state index in [1.165, 1.54) is 0 Å². The molecule has 0 spiro atoms. The van der Waals surface area contributed by atoms with Crippen molar-refractivity contribution in [3.8, 4) is 0 Å².